The van der Waals surface area contributed by atoms with Gasteiger partial charge in [0.2, 0.25) is 0 Å². The molecule has 6 nitrogen and oxygen atoms in total. The molecule has 0 aliphatic carbocycles. The summed E-state index contributed by atoms with van der Waals surface area (Å²) in [6, 6.07) is 0. The number of carbonyl (C=O) groups excluding carboxylic acids is 3. The van der Waals surface area contributed by atoms with Gasteiger partial charge in [-0.3, -0.25) is 14.4 Å². The first-order valence-electron chi connectivity index (χ1n) is 30.6. The van der Waals surface area contributed by atoms with Crippen LogP contribution in [0, 0.1) is 17.8 Å². The van der Waals surface area contributed by atoms with E-state index in [0.717, 1.165) is 75.5 Å². The van der Waals surface area contributed by atoms with E-state index in [0.29, 0.717) is 19.3 Å². The van der Waals surface area contributed by atoms with E-state index in [1.54, 1.807) is 0 Å². The summed E-state index contributed by atoms with van der Waals surface area (Å²) in [7, 11) is 0. The SMILES string of the molecule is CCC(C)CCCCCCCCCCCCCCCCCCCCC(=O)OC[C@@H](COC(=O)CCCCCCCCCCCCC(C)C)OC(=O)CCCCCCCCCCCCCCC(C)C. The highest BCUT2D eigenvalue weighted by atomic mass is 16.6. The molecule has 0 fully saturated rings. The van der Waals surface area contributed by atoms with Crippen molar-refractivity contribution in [2.75, 3.05) is 13.2 Å². The standard InChI is InChI=1S/C62H120O6/c1-7-58(6)50-44-38-32-26-19-14-12-10-8-9-11-13-15-20-27-33-39-45-51-60(63)66-54-59(55-67-61(64)52-46-40-34-28-23-22-25-31-37-43-49-57(4)5)68-62(65)53-47-41-35-29-21-17-16-18-24-30-36-42-48-56(2)3/h56-59H,7-55H2,1-6H3/t58?,59-/m0/s1. The van der Waals surface area contributed by atoms with E-state index in [4.69, 9.17) is 14.2 Å². The fraction of sp³-hybridized carbons (Fsp3) is 0.952. The van der Waals surface area contributed by atoms with Crippen molar-refractivity contribution in [1.82, 2.24) is 0 Å². The smallest absolute Gasteiger partial charge is 0.306 e. The molecule has 2 atom stereocenters. The second kappa shape index (κ2) is 53.2. The third-order valence-corrected chi connectivity index (χ3v) is 14.5. The summed E-state index contributed by atoms with van der Waals surface area (Å²) in [6.45, 7) is 13.8. The Bertz CT molecular complexity index is 1060. The first kappa shape index (κ1) is 66.4. The lowest BCUT2D eigenvalue weighted by Crippen LogP contribution is -2.30. The predicted molar refractivity (Wildman–Crippen MR) is 293 cm³/mol. The fourth-order valence-electron chi connectivity index (χ4n) is 9.50. The second-order valence-corrected chi connectivity index (χ2v) is 22.5. The number of rotatable bonds is 55. The molecule has 0 radical (unpaired) electrons. The van der Waals surface area contributed by atoms with Crippen molar-refractivity contribution in [2.45, 2.75) is 349 Å². The number of hydrogen-bond acceptors (Lipinski definition) is 6. The maximum absolute atomic E-state index is 12.9. The van der Waals surface area contributed by atoms with Crippen molar-refractivity contribution in [3.8, 4) is 0 Å². The average molecular weight is 962 g/mol. The van der Waals surface area contributed by atoms with Crippen LogP contribution in [0.3, 0.4) is 0 Å². The van der Waals surface area contributed by atoms with Gasteiger partial charge in [0.05, 0.1) is 0 Å². The summed E-state index contributed by atoms with van der Waals surface area (Å²) < 4.78 is 16.9. The third kappa shape index (κ3) is 53.8. The highest BCUT2D eigenvalue weighted by molar-refractivity contribution is 5.71. The summed E-state index contributed by atoms with van der Waals surface area (Å²) in [6.07, 6.45) is 56.7. The van der Waals surface area contributed by atoms with Gasteiger partial charge >= 0.3 is 17.9 Å². The monoisotopic (exact) mass is 961 g/mol. The molecule has 0 bridgehead atoms. The highest BCUT2D eigenvalue weighted by Crippen LogP contribution is 2.19. The number of esters is 3. The van der Waals surface area contributed by atoms with E-state index in [2.05, 4.69) is 41.5 Å². The summed E-state index contributed by atoms with van der Waals surface area (Å²) in [5, 5.41) is 0. The van der Waals surface area contributed by atoms with Crippen LogP contribution < -0.4 is 0 Å². The average Bonchev–Trinajstić information content (AvgIpc) is 3.31. The Labute approximate surface area is 425 Å². The van der Waals surface area contributed by atoms with Gasteiger partial charge in [-0.05, 0) is 37.0 Å². The zero-order valence-electron chi connectivity index (χ0n) is 46.9. The van der Waals surface area contributed by atoms with Crippen LogP contribution in [-0.4, -0.2) is 37.2 Å². The Morgan fingerprint density at radius 3 is 0.765 bits per heavy atom. The van der Waals surface area contributed by atoms with Crippen molar-refractivity contribution in [1.29, 1.82) is 0 Å². The molecular formula is C62H120O6. The van der Waals surface area contributed by atoms with E-state index in [-0.39, 0.29) is 31.1 Å². The Kier molecular flexibility index (Phi) is 52.0. The van der Waals surface area contributed by atoms with Crippen LogP contribution >= 0.6 is 0 Å². The number of ether oxygens (including phenoxy) is 3. The minimum absolute atomic E-state index is 0.0632. The molecule has 0 heterocycles. The summed E-state index contributed by atoms with van der Waals surface area (Å²) in [4.78, 5) is 38.2. The highest BCUT2D eigenvalue weighted by Gasteiger charge is 2.19. The molecule has 0 aromatic heterocycles. The molecule has 0 aromatic rings. The summed E-state index contributed by atoms with van der Waals surface area (Å²) in [5.74, 6) is 1.72. The fourth-order valence-corrected chi connectivity index (χ4v) is 9.50. The van der Waals surface area contributed by atoms with Crippen LogP contribution in [0.2, 0.25) is 0 Å². The van der Waals surface area contributed by atoms with Crippen LogP contribution in [-0.2, 0) is 28.6 Å². The number of unbranched alkanes of at least 4 members (excludes halogenated alkanes) is 37. The van der Waals surface area contributed by atoms with Gasteiger partial charge in [0, 0.05) is 19.3 Å². The lowest BCUT2D eigenvalue weighted by atomic mass is 9.99. The largest absolute Gasteiger partial charge is 0.462 e. The van der Waals surface area contributed by atoms with Crippen molar-refractivity contribution in [3.63, 3.8) is 0 Å². The first-order chi connectivity index (χ1) is 33.1. The summed E-state index contributed by atoms with van der Waals surface area (Å²) >= 11 is 0. The van der Waals surface area contributed by atoms with Crippen LogP contribution in [0.25, 0.3) is 0 Å². The Morgan fingerprint density at radius 1 is 0.294 bits per heavy atom. The molecular weight excluding hydrogens is 841 g/mol. The molecule has 0 spiro atoms. The minimum atomic E-state index is -0.764. The van der Waals surface area contributed by atoms with Gasteiger partial charge < -0.3 is 14.2 Å². The van der Waals surface area contributed by atoms with Crippen LogP contribution in [0.5, 0.6) is 0 Å². The Balaban J connectivity index is 4.24. The molecule has 6 heteroatoms. The van der Waals surface area contributed by atoms with Gasteiger partial charge in [0.25, 0.3) is 0 Å². The maximum Gasteiger partial charge on any atom is 0.306 e. The third-order valence-electron chi connectivity index (χ3n) is 14.5. The molecule has 0 aliphatic rings. The van der Waals surface area contributed by atoms with E-state index >= 15 is 0 Å². The Hall–Kier alpha value is -1.59. The summed E-state index contributed by atoms with van der Waals surface area (Å²) in [5.41, 5.74) is 0. The zero-order chi connectivity index (χ0) is 49.8. The molecule has 68 heavy (non-hydrogen) atoms. The van der Waals surface area contributed by atoms with Gasteiger partial charge in [-0.2, -0.15) is 0 Å². The van der Waals surface area contributed by atoms with Gasteiger partial charge in [-0.1, -0.05) is 305 Å². The van der Waals surface area contributed by atoms with E-state index in [1.165, 1.54) is 225 Å². The molecule has 0 amide bonds. The normalized spacial score (nSPS) is 12.5. The quantitative estimate of drug-likeness (QED) is 0.0343. The van der Waals surface area contributed by atoms with Gasteiger partial charge in [-0.25, -0.2) is 0 Å². The molecule has 404 valence electrons. The van der Waals surface area contributed by atoms with Crippen molar-refractivity contribution >= 4 is 17.9 Å². The number of carbonyl (C=O) groups is 3. The molecule has 0 aromatic carbocycles. The van der Waals surface area contributed by atoms with E-state index in [9.17, 15) is 14.4 Å². The van der Waals surface area contributed by atoms with Gasteiger partial charge in [0.15, 0.2) is 6.10 Å². The molecule has 0 saturated carbocycles. The van der Waals surface area contributed by atoms with Gasteiger partial charge in [0.1, 0.15) is 13.2 Å². The maximum atomic E-state index is 12.9. The Morgan fingerprint density at radius 2 is 0.515 bits per heavy atom. The molecule has 1 unspecified atom stereocenters. The van der Waals surface area contributed by atoms with Crippen molar-refractivity contribution in [2.24, 2.45) is 17.8 Å². The second-order valence-electron chi connectivity index (χ2n) is 22.5. The van der Waals surface area contributed by atoms with Crippen LogP contribution in [0.4, 0.5) is 0 Å². The van der Waals surface area contributed by atoms with Crippen molar-refractivity contribution in [3.05, 3.63) is 0 Å². The zero-order valence-corrected chi connectivity index (χ0v) is 46.9. The van der Waals surface area contributed by atoms with E-state index < -0.39 is 6.10 Å². The molecule has 0 N–H and O–H groups in total. The van der Waals surface area contributed by atoms with Gasteiger partial charge in [-0.15, -0.1) is 0 Å². The lowest BCUT2D eigenvalue weighted by molar-refractivity contribution is -0.167. The van der Waals surface area contributed by atoms with Crippen LogP contribution in [0.1, 0.15) is 343 Å². The van der Waals surface area contributed by atoms with Crippen molar-refractivity contribution < 1.29 is 28.6 Å². The number of hydrogen-bond donors (Lipinski definition) is 0. The first-order valence-corrected chi connectivity index (χ1v) is 30.6. The van der Waals surface area contributed by atoms with Crippen LogP contribution in [0.15, 0.2) is 0 Å². The molecule has 0 rings (SSSR count). The minimum Gasteiger partial charge on any atom is -0.462 e. The topological polar surface area (TPSA) is 78.9 Å². The predicted octanol–water partition coefficient (Wildman–Crippen LogP) is 20.3. The van der Waals surface area contributed by atoms with E-state index in [1.807, 2.05) is 0 Å². The molecule has 0 saturated heterocycles. The molecule has 0 aliphatic heterocycles. The lowest BCUT2D eigenvalue weighted by Gasteiger charge is -2.18.